The number of nitrogens with zero attached hydrogens (tertiary/aromatic N) is 2. The molecule has 2 aliphatic heterocycles. The Morgan fingerprint density at radius 1 is 1.32 bits per heavy atom. The molecule has 1 aromatic heterocycles. The summed E-state index contributed by atoms with van der Waals surface area (Å²) in [7, 11) is 0. The van der Waals surface area contributed by atoms with Crippen LogP contribution in [0.15, 0.2) is 16.9 Å². The highest BCUT2D eigenvalue weighted by Crippen LogP contribution is 2.50. The third-order valence-electron chi connectivity index (χ3n) is 4.63. The van der Waals surface area contributed by atoms with Gasteiger partial charge in [0.25, 0.3) is 5.89 Å². The third-order valence-corrected chi connectivity index (χ3v) is 4.94. The van der Waals surface area contributed by atoms with Crippen LogP contribution in [0.2, 0.25) is 5.02 Å². The van der Waals surface area contributed by atoms with Crippen molar-refractivity contribution in [2.75, 3.05) is 25.4 Å². The minimum atomic E-state index is 0.275. The summed E-state index contributed by atoms with van der Waals surface area (Å²) >= 11 is 6.34. The molecule has 3 N–H and O–H groups in total. The van der Waals surface area contributed by atoms with Gasteiger partial charge in [0.15, 0.2) is 6.33 Å². The minimum absolute atomic E-state index is 0.275. The number of halogens is 1. The molecule has 22 heavy (non-hydrogen) atoms. The van der Waals surface area contributed by atoms with Crippen molar-refractivity contribution in [2.45, 2.75) is 18.8 Å². The first-order valence-electron chi connectivity index (χ1n) is 7.48. The van der Waals surface area contributed by atoms with E-state index in [2.05, 4.69) is 15.5 Å². The first kappa shape index (κ1) is 13.8. The van der Waals surface area contributed by atoms with Gasteiger partial charge in [0.2, 0.25) is 0 Å². The number of nitrogens with one attached hydrogen (secondary N) is 1. The second kappa shape index (κ2) is 5.44. The van der Waals surface area contributed by atoms with E-state index in [1.54, 1.807) is 6.07 Å². The molecule has 2 aliphatic rings. The molecule has 7 heteroatoms. The molecule has 0 bridgehead atoms. The molecule has 2 aromatic rings. The van der Waals surface area contributed by atoms with Gasteiger partial charge >= 0.3 is 0 Å². The van der Waals surface area contributed by atoms with E-state index in [1.807, 2.05) is 0 Å². The molecule has 3 heterocycles. The van der Waals surface area contributed by atoms with E-state index in [0.29, 0.717) is 29.1 Å². The summed E-state index contributed by atoms with van der Waals surface area (Å²) in [5, 5.41) is 7.56. The summed E-state index contributed by atoms with van der Waals surface area (Å²) in [6.07, 6.45) is 3.61. The fraction of sp³-hybridized carbons (Fsp3) is 0.467. The molecule has 1 fully saturated rings. The smallest absolute Gasteiger partial charge is 0.261 e. The molecule has 6 nitrogen and oxygen atoms in total. The standard InChI is InChI=1S/C15H17ClN4O2/c16-11-5-9(15-19-7-20-22-15)14-12(13(11)17)10(6-21-14)8-1-3-18-4-2-8/h5,7-8,10,18H,1-4,6,17H2. The second-order valence-corrected chi connectivity index (χ2v) is 6.22. The molecule has 1 aromatic carbocycles. The Hall–Kier alpha value is -1.79. The van der Waals surface area contributed by atoms with Gasteiger partial charge in [-0.1, -0.05) is 16.8 Å². The predicted molar refractivity (Wildman–Crippen MR) is 83.0 cm³/mol. The van der Waals surface area contributed by atoms with E-state index in [0.717, 1.165) is 42.8 Å². The van der Waals surface area contributed by atoms with Crippen molar-refractivity contribution in [1.82, 2.24) is 15.5 Å². The number of anilines is 1. The molecule has 1 unspecified atom stereocenters. The predicted octanol–water partition coefficient (Wildman–Crippen LogP) is 2.45. The van der Waals surface area contributed by atoms with E-state index in [-0.39, 0.29) is 5.92 Å². The van der Waals surface area contributed by atoms with Crippen molar-refractivity contribution >= 4 is 17.3 Å². The van der Waals surface area contributed by atoms with E-state index in [1.165, 1.54) is 6.33 Å². The SMILES string of the molecule is Nc1c(Cl)cc(-c2ncno2)c2c1C(C1CCNCC1)CO2. The van der Waals surface area contributed by atoms with Crippen LogP contribution in [0.5, 0.6) is 5.75 Å². The molecular formula is C15H17ClN4O2. The highest BCUT2D eigenvalue weighted by atomic mass is 35.5. The average molecular weight is 321 g/mol. The normalized spacial score (nSPS) is 21.6. The van der Waals surface area contributed by atoms with Gasteiger partial charge in [-0.05, 0) is 37.9 Å². The zero-order chi connectivity index (χ0) is 15.1. The molecule has 1 atom stereocenters. The number of ether oxygens (including phenoxy) is 1. The molecule has 0 amide bonds. The first-order chi connectivity index (χ1) is 10.8. The average Bonchev–Trinajstić information content (AvgIpc) is 3.21. The Kier molecular flexibility index (Phi) is 3.43. The maximum Gasteiger partial charge on any atom is 0.261 e. The number of rotatable bonds is 2. The van der Waals surface area contributed by atoms with Crippen LogP contribution >= 0.6 is 11.6 Å². The number of benzene rings is 1. The highest BCUT2D eigenvalue weighted by Gasteiger charge is 2.37. The largest absolute Gasteiger partial charge is 0.492 e. The number of piperidine rings is 1. The van der Waals surface area contributed by atoms with Gasteiger partial charge in [0, 0.05) is 11.5 Å². The van der Waals surface area contributed by atoms with Gasteiger partial charge in [-0.3, -0.25) is 0 Å². The van der Waals surface area contributed by atoms with Gasteiger partial charge in [-0.25, -0.2) is 0 Å². The van der Waals surface area contributed by atoms with Crippen LogP contribution in [0.25, 0.3) is 11.5 Å². The number of hydrogen-bond acceptors (Lipinski definition) is 6. The summed E-state index contributed by atoms with van der Waals surface area (Å²) in [6, 6.07) is 1.74. The van der Waals surface area contributed by atoms with E-state index in [4.69, 9.17) is 26.6 Å². The monoisotopic (exact) mass is 320 g/mol. The number of hydrogen-bond donors (Lipinski definition) is 2. The van der Waals surface area contributed by atoms with Crippen LogP contribution < -0.4 is 15.8 Å². The van der Waals surface area contributed by atoms with Gasteiger partial charge in [0.1, 0.15) is 5.75 Å². The lowest BCUT2D eigenvalue weighted by molar-refractivity contribution is 0.254. The molecule has 4 rings (SSSR count). The quantitative estimate of drug-likeness (QED) is 0.827. The third kappa shape index (κ3) is 2.14. The summed E-state index contributed by atoms with van der Waals surface area (Å²) in [4.78, 5) is 4.11. The van der Waals surface area contributed by atoms with Crippen LogP contribution in [-0.2, 0) is 0 Å². The fourth-order valence-electron chi connectivity index (χ4n) is 3.52. The lowest BCUT2D eigenvalue weighted by atomic mass is 9.80. The summed E-state index contributed by atoms with van der Waals surface area (Å²) in [6.45, 7) is 2.70. The molecule has 0 saturated carbocycles. The van der Waals surface area contributed by atoms with Gasteiger partial charge in [-0.15, -0.1) is 0 Å². The van der Waals surface area contributed by atoms with Gasteiger partial charge in [0.05, 0.1) is 22.9 Å². The van der Waals surface area contributed by atoms with Crippen LogP contribution in [0.1, 0.15) is 24.3 Å². The topological polar surface area (TPSA) is 86.2 Å². The van der Waals surface area contributed by atoms with Crippen molar-refractivity contribution in [3.63, 3.8) is 0 Å². The van der Waals surface area contributed by atoms with Crippen LogP contribution in [0, 0.1) is 5.92 Å². The van der Waals surface area contributed by atoms with Crippen LogP contribution in [0.3, 0.4) is 0 Å². The van der Waals surface area contributed by atoms with Gasteiger partial charge < -0.3 is 20.3 Å². The number of fused-ring (bicyclic) bond motifs is 1. The summed E-state index contributed by atoms with van der Waals surface area (Å²) in [5.74, 6) is 1.98. The Morgan fingerprint density at radius 3 is 2.86 bits per heavy atom. The lowest BCUT2D eigenvalue weighted by Crippen LogP contribution is -2.31. The van der Waals surface area contributed by atoms with Crippen molar-refractivity contribution in [3.05, 3.63) is 23.0 Å². The highest BCUT2D eigenvalue weighted by molar-refractivity contribution is 6.33. The molecule has 0 aliphatic carbocycles. The summed E-state index contributed by atoms with van der Waals surface area (Å²) in [5.41, 5.74) is 8.60. The Labute approximate surface area is 133 Å². The van der Waals surface area contributed by atoms with E-state index >= 15 is 0 Å². The van der Waals surface area contributed by atoms with Crippen molar-refractivity contribution < 1.29 is 9.26 Å². The molecular weight excluding hydrogens is 304 g/mol. The van der Waals surface area contributed by atoms with Crippen LogP contribution in [-0.4, -0.2) is 29.8 Å². The minimum Gasteiger partial charge on any atom is -0.492 e. The fourth-order valence-corrected chi connectivity index (χ4v) is 3.73. The maximum atomic E-state index is 6.34. The Balaban J connectivity index is 1.81. The number of nitrogens with two attached hydrogens (primary N) is 1. The molecule has 116 valence electrons. The van der Waals surface area contributed by atoms with Crippen molar-refractivity contribution in [3.8, 4) is 17.2 Å². The van der Waals surface area contributed by atoms with E-state index in [9.17, 15) is 0 Å². The first-order valence-corrected chi connectivity index (χ1v) is 7.86. The van der Waals surface area contributed by atoms with Crippen molar-refractivity contribution in [2.24, 2.45) is 5.92 Å². The zero-order valence-electron chi connectivity index (χ0n) is 12.0. The molecule has 0 radical (unpaired) electrons. The van der Waals surface area contributed by atoms with Crippen molar-refractivity contribution in [1.29, 1.82) is 0 Å². The second-order valence-electron chi connectivity index (χ2n) is 5.81. The zero-order valence-corrected chi connectivity index (χ0v) is 12.8. The maximum absolute atomic E-state index is 6.34. The lowest BCUT2D eigenvalue weighted by Gasteiger charge is -2.28. The molecule has 0 spiro atoms. The summed E-state index contributed by atoms with van der Waals surface area (Å²) < 4.78 is 11.1. The number of aromatic nitrogens is 2. The van der Waals surface area contributed by atoms with Gasteiger partial charge in [-0.2, -0.15) is 4.98 Å². The molecule has 1 saturated heterocycles. The van der Waals surface area contributed by atoms with E-state index < -0.39 is 0 Å². The number of nitrogen functional groups attached to an aromatic ring is 1. The Bertz CT molecular complexity index is 683. The Morgan fingerprint density at radius 2 is 2.14 bits per heavy atom. The van der Waals surface area contributed by atoms with Crippen LogP contribution in [0.4, 0.5) is 5.69 Å².